The minimum atomic E-state index is -2.39. The summed E-state index contributed by atoms with van der Waals surface area (Å²) in [5.41, 5.74) is 0. The van der Waals surface area contributed by atoms with E-state index < -0.39 is 36.6 Å². The van der Waals surface area contributed by atoms with Gasteiger partial charge in [0, 0.05) is 6.54 Å². The van der Waals surface area contributed by atoms with E-state index in [2.05, 4.69) is 0 Å². The summed E-state index contributed by atoms with van der Waals surface area (Å²) in [5, 5.41) is 40.6. The number of rotatable bonds is 6. The zero-order valence-corrected chi connectivity index (χ0v) is 15.8. The molecule has 0 heterocycles. The van der Waals surface area contributed by atoms with E-state index in [4.69, 9.17) is 5.11 Å². The quantitative estimate of drug-likeness (QED) is 0.452. The third-order valence-electron chi connectivity index (χ3n) is 1.28. The Morgan fingerprint density at radius 3 is 1.65 bits per heavy atom. The van der Waals surface area contributed by atoms with Crippen LogP contribution in [0.1, 0.15) is 0 Å². The minimum Gasteiger partial charge on any atom is -0.549 e. The molecule has 0 amide bonds. The smallest absolute Gasteiger partial charge is 0.549 e. The Morgan fingerprint density at radius 2 is 1.41 bits per heavy atom. The Balaban J connectivity index is -0.000000282. The fraction of sp³-hybridized carbons (Fsp3) is 0.500. The van der Waals surface area contributed by atoms with Crippen molar-refractivity contribution in [2.24, 2.45) is 0 Å². The Bertz CT molecular complexity index is 262. The molecule has 0 aromatic heterocycles. The number of aliphatic carboxylic acids is 3. The van der Waals surface area contributed by atoms with E-state index in [-0.39, 0.29) is 88.7 Å². The Kier molecular flexibility index (Phi) is 21.7. The average Bonchev–Trinajstić information content (AvgIpc) is 2.02. The van der Waals surface area contributed by atoms with Crippen LogP contribution in [0, 0.1) is 0 Å². The predicted octanol–water partition coefficient (Wildman–Crippen LogP) is -15.4. The van der Waals surface area contributed by atoms with E-state index in [0.717, 1.165) is 0 Å². The monoisotopic (exact) mass is 273 g/mol. The van der Waals surface area contributed by atoms with Crippen LogP contribution < -0.4 is 109 Å². The van der Waals surface area contributed by atoms with Gasteiger partial charge in [0.1, 0.15) is 6.10 Å². The fourth-order valence-electron chi connectivity index (χ4n) is 0.653. The van der Waals surface area contributed by atoms with E-state index in [0.29, 0.717) is 0 Å². The maximum absolute atomic E-state index is 10.2. The summed E-state index contributed by atoms with van der Waals surface area (Å²) in [4.78, 5) is 30.1. The maximum atomic E-state index is 10.2. The second-order valence-electron chi connectivity index (χ2n) is 2.31. The van der Waals surface area contributed by atoms with Gasteiger partial charge in [-0.25, -0.2) is 0 Å². The van der Waals surface area contributed by atoms with Crippen LogP contribution in [0.15, 0.2) is 0 Å². The number of nitrogens with one attached hydrogen (secondary N) is 1. The molecule has 0 aliphatic heterocycles. The van der Waals surface area contributed by atoms with E-state index in [1.165, 1.54) is 0 Å². The Hall–Kier alpha value is 1.33. The molecule has 11 heteroatoms. The van der Waals surface area contributed by atoms with E-state index in [1.54, 1.807) is 5.32 Å². The van der Waals surface area contributed by atoms with Gasteiger partial charge in [-0.15, -0.1) is 0 Å². The Morgan fingerprint density at radius 1 is 1.00 bits per heavy atom. The summed E-state index contributed by atoms with van der Waals surface area (Å²) in [5.74, 6) is -5.66. The fourth-order valence-corrected chi connectivity index (χ4v) is 0.653. The molecule has 2 atom stereocenters. The number of carboxylic acid groups (broad SMARTS) is 3. The summed E-state index contributed by atoms with van der Waals surface area (Å²) in [6, 6.07) is -2.06. The Labute approximate surface area is 163 Å². The molecular formula is C6H6NNa3O7. The van der Waals surface area contributed by atoms with Crippen molar-refractivity contribution in [2.75, 3.05) is 6.54 Å². The molecule has 0 saturated heterocycles. The number of aliphatic hydroxyl groups excluding tert-OH is 1. The molecule has 0 aliphatic carbocycles. The van der Waals surface area contributed by atoms with Crippen LogP contribution in [-0.2, 0) is 14.4 Å². The zero-order chi connectivity index (χ0) is 11.3. The number of hydrogen-bond donors (Lipinski definition) is 2. The second-order valence-corrected chi connectivity index (χ2v) is 2.31. The zero-order valence-electron chi connectivity index (χ0n) is 9.76. The third kappa shape index (κ3) is 12.1. The van der Waals surface area contributed by atoms with Gasteiger partial charge in [0.15, 0.2) is 0 Å². The van der Waals surface area contributed by atoms with Gasteiger partial charge < -0.3 is 40.1 Å². The molecule has 8 nitrogen and oxygen atoms in total. The summed E-state index contributed by atoms with van der Waals surface area (Å²) in [6.07, 6.45) is -2.39. The molecule has 0 rings (SSSR count). The van der Waals surface area contributed by atoms with Gasteiger partial charge in [-0.1, -0.05) is 0 Å². The van der Waals surface area contributed by atoms with Crippen LogP contribution in [0.25, 0.3) is 0 Å². The van der Waals surface area contributed by atoms with Gasteiger partial charge in [0.2, 0.25) is 0 Å². The van der Waals surface area contributed by atoms with Crippen molar-refractivity contribution in [1.29, 1.82) is 0 Å². The molecule has 2 N–H and O–H groups in total. The van der Waals surface area contributed by atoms with E-state index >= 15 is 0 Å². The van der Waals surface area contributed by atoms with Gasteiger partial charge in [-0.3, -0.25) is 0 Å². The first-order valence-corrected chi connectivity index (χ1v) is 3.39. The van der Waals surface area contributed by atoms with Crippen LogP contribution >= 0.6 is 0 Å². The molecule has 0 bridgehead atoms. The van der Waals surface area contributed by atoms with Crippen LogP contribution in [-0.4, -0.2) is 41.7 Å². The largest absolute Gasteiger partial charge is 1.00 e. The molecule has 0 saturated carbocycles. The van der Waals surface area contributed by atoms with Crippen molar-refractivity contribution in [3.63, 3.8) is 0 Å². The third-order valence-corrected chi connectivity index (χ3v) is 1.28. The van der Waals surface area contributed by atoms with Crippen LogP contribution in [0.3, 0.4) is 0 Å². The standard InChI is InChI=1S/C6H9NO7.3Na/c8-2(9)1-7-3(5(11)12)4(10)6(13)14;;;/h3-4,7,10H,1H2,(H,8,9)(H,11,12)(H,13,14);;;/q;3*+1/p-3/t3-,4+;;;/m0.../s1. The number of hydrogen-bond acceptors (Lipinski definition) is 8. The molecule has 0 unspecified atom stereocenters. The molecule has 80 valence electrons. The molecule has 0 aliphatic rings. The molecular weight excluding hydrogens is 267 g/mol. The molecule has 0 fully saturated rings. The minimum absolute atomic E-state index is 0. The van der Waals surface area contributed by atoms with Gasteiger partial charge in [-0.05, 0) is 0 Å². The van der Waals surface area contributed by atoms with Gasteiger partial charge in [-0.2, -0.15) is 0 Å². The normalized spacial score (nSPS) is 11.8. The SMILES string of the molecule is O=C([O-])CN[C@H](C(=O)[O-])[C@@H](O)C(=O)[O-].[Na+].[Na+].[Na+]. The van der Waals surface area contributed by atoms with Crippen LogP contribution in [0.4, 0.5) is 0 Å². The number of aliphatic hydroxyl groups is 1. The number of carbonyl (C=O) groups is 3. The van der Waals surface area contributed by atoms with Crippen molar-refractivity contribution >= 4 is 17.9 Å². The number of carbonyl (C=O) groups excluding carboxylic acids is 3. The topological polar surface area (TPSA) is 153 Å². The van der Waals surface area contributed by atoms with Gasteiger partial charge in [0.05, 0.1) is 23.9 Å². The predicted molar refractivity (Wildman–Crippen MR) is 32.8 cm³/mol. The van der Waals surface area contributed by atoms with Crippen molar-refractivity contribution in [3.05, 3.63) is 0 Å². The van der Waals surface area contributed by atoms with Crippen molar-refractivity contribution in [1.82, 2.24) is 5.32 Å². The summed E-state index contributed by atoms with van der Waals surface area (Å²) >= 11 is 0. The first-order valence-electron chi connectivity index (χ1n) is 3.39. The average molecular weight is 273 g/mol. The van der Waals surface area contributed by atoms with Gasteiger partial charge >= 0.3 is 88.7 Å². The van der Waals surface area contributed by atoms with Crippen molar-refractivity contribution in [2.45, 2.75) is 12.1 Å². The van der Waals surface area contributed by atoms with E-state index in [9.17, 15) is 29.7 Å². The van der Waals surface area contributed by atoms with E-state index in [1.807, 2.05) is 0 Å². The van der Waals surface area contributed by atoms with Gasteiger partial charge in [0.25, 0.3) is 0 Å². The first kappa shape index (κ1) is 26.8. The molecule has 0 spiro atoms. The summed E-state index contributed by atoms with van der Waals surface area (Å²) < 4.78 is 0. The maximum Gasteiger partial charge on any atom is 1.00 e. The molecule has 0 radical (unpaired) electrons. The van der Waals surface area contributed by atoms with Crippen molar-refractivity contribution < 1.29 is 123 Å². The van der Waals surface area contributed by atoms with Crippen molar-refractivity contribution in [3.8, 4) is 0 Å². The molecule has 0 aromatic carbocycles. The molecule has 0 aromatic rings. The van der Waals surface area contributed by atoms with Crippen LogP contribution in [0.5, 0.6) is 0 Å². The van der Waals surface area contributed by atoms with Crippen LogP contribution in [0.2, 0.25) is 0 Å². The summed E-state index contributed by atoms with van der Waals surface area (Å²) in [7, 11) is 0. The number of carboxylic acids is 3. The molecule has 17 heavy (non-hydrogen) atoms. The second kappa shape index (κ2) is 13.8. The summed E-state index contributed by atoms with van der Waals surface area (Å²) in [6.45, 7) is -0.928. The first-order chi connectivity index (χ1) is 6.36.